The summed E-state index contributed by atoms with van der Waals surface area (Å²) in [5, 5.41) is 8.76. The van der Waals surface area contributed by atoms with Gasteiger partial charge in [-0.2, -0.15) is 0 Å². The average molecular weight is 249 g/mol. The number of rotatable bonds is 4. The van der Waals surface area contributed by atoms with Gasteiger partial charge in [-0.1, -0.05) is 24.3 Å². The fraction of sp³-hybridized carbons (Fsp3) is 0.500. The van der Waals surface area contributed by atoms with E-state index >= 15 is 0 Å². The molecule has 4 nitrogen and oxygen atoms in total. The normalized spacial score (nSPS) is 20.0. The number of aliphatic hydroxyl groups excluding tert-OH is 1. The summed E-state index contributed by atoms with van der Waals surface area (Å²) in [5.74, 6) is -0.425. The smallest absolute Gasteiger partial charge is 0.323 e. The van der Waals surface area contributed by atoms with Gasteiger partial charge in [0.25, 0.3) is 0 Å². The summed E-state index contributed by atoms with van der Waals surface area (Å²) in [5.41, 5.74) is 7.97. The first-order chi connectivity index (χ1) is 8.72. The van der Waals surface area contributed by atoms with Crippen LogP contribution in [0.4, 0.5) is 0 Å². The molecule has 0 fully saturated rings. The number of ether oxygens (including phenoxy) is 1. The van der Waals surface area contributed by atoms with Crippen LogP contribution in [0.15, 0.2) is 24.3 Å². The van der Waals surface area contributed by atoms with Crippen LogP contribution in [-0.4, -0.2) is 23.7 Å². The van der Waals surface area contributed by atoms with Gasteiger partial charge < -0.3 is 15.6 Å². The number of carbonyl (C=O) groups is 1. The fourth-order valence-corrected chi connectivity index (χ4v) is 2.32. The molecule has 1 unspecified atom stereocenters. The zero-order valence-electron chi connectivity index (χ0n) is 10.3. The van der Waals surface area contributed by atoms with Crippen LogP contribution in [0.5, 0.6) is 0 Å². The van der Waals surface area contributed by atoms with Gasteiger partial charge in [-0.3, -0.25) is 4.79 Å². The van der Waals surface area contributed by atoms with E-state index in [4.69, 9.17) is 15.6 Å². The molecule has 0 radical (unpaired) electrons. The Morgan fingerprint density at radius 1 is 1.50 bits per heavy atom. The quantitative estimate of drug-likeness (QED) is 0.789. The molecule has 0 heterocycles. The molecule has 1 aromatic rings. The van der Waals surface area contributed by atoms with Crippen LogP contribution in [0.2, 0.25) is 0 Å². The molecule has 98 valence electrons. The first-order valence-electron chi connectivity index (χ1n) is 6.37. The summed E-state index contributed by atoms with van der Waals surface area (Å²) in [6, 6.07) is 7.30. The number of carbonyl (C=O) groups excluding carboxylic acids is 1. The van der Waals surface area contributed by atoms with E-state index in [1.807, 2.05) is 18.2 Å². The van der Waals surface area contributed by atoms with Crippen LogP contribution in [-0.2, 0) is 16.0 Å². The Morgan fingerprint density at radius 3 is 3.06 bits per heavy atom. The summed E-state index contributed by atoms with van der Waals surface area (Å²) in [4.78, 5) is 11.8. The molecule has 1 aliphatic carbocycles. The van der Waals surface area contributed by atoms with E-state index in [-0.39, 0.29) is 19.1 Å². The van der Waals surface area contributed by atoms with E-state index in [9.17, 15) is 4.79 Å². The lowest BCUT2D eigenvalue weighted by molar-refractivity contribution is -0.152. The van der Waals surface area contributed by atoms with Crippen molar-refractivity contribution in [3.05, 3.63) is 35.4 Å². The predicted octanol–water partition coefficient (Wildman–Crippen LogP) is 1.32. The summed E-state index contributed by atoms with van der Waals surface area (Å²) in [6.45, 7) is -0.0997. The van der Waals surface area contributed by atoms with Gasteiger partial charge >= 0.3 is 5.97 Å². The second-order valence-electron chi connectivity index (χ2n) is 4.64. The highest BCUT2D eigenvalue weighted by molar-refractivity contribution is 5.75. The van der Waals surface area contributed by atoms with Gasteiger partial charge in [0.1, 0.15) is 12.1 Å². The fourth-order valence-electron chi connectivity index (χ4n) is 2.32. The van der Waals surface area contributed by atoms with Gasteiger partial charge in [0.2, 0.25) is 0 Å². The van der Waals surface area contributed by atoms with E-state index in [1.165, 1.54) is 5.56 Å². The van der Waals surface area contributed by atoms with E-state index in [0.717, 1.165) is 24.8 Å². The van der Waals surface area contributed by atoms with Crippen molar-refractivity contribution in [1.29, 1.82) is 0 Å². The molecule has 0 aliphatic heterocycles. The third-order valence-electron chi connectivity index (χ3n) is 3.32. The maximum absolute atomic E-state index is 11.8. The van der Waals surface area contributed by atoms with Crippen LogP contribution < -0.4 is 5.73 Å². The number of benzene rings is 1. The molecule has 2 atom stereocenters. The molecule has 0 bridgehead atoms. The standard InChI is InChI=1S/C14H19NO3/c15-12(8-9-16)14(17)18-13-7-3-5-10-4-1-2-6-11(10)13/h1-2,4,6,12-13,16H,3,5,7-9,15H2/t12-,13?/m1/s1. The largest absolute Gasteiger partial charge is 0.456 e. The van der Waals surface area contributed by atoms with Crippen LogP contribution in [0.1, 0.15) is 36.5 Å². The zero-order valence-corrected chi connectivity index (χ0v) is 10.3. The molecule has 2 rings (SSSR count). The second kappa shape index (κ2) is 5.98. The summed E-state index contributed by atoms with van der Waals surface area (Å²) < 4.78 is 5.46. The SMILES string of the molecule is N[C@H](CCO)C(=O)OC1CCCc2ccccc21. The summed E-state index contributed by atoms with van der Waals surface area (Å²) >= 11 is 0. The third-order valence-corrected chi connectivity index (χ3v) is 3.32. The highest BCUT2D eigenvalue weighted by Crippen LogP contribution is 2.32. The monoisotopic (exact) mass is 249 g/mol. The lowest BCUT2D eigenvalue weighted by Gasteiger charge is -2.26. The van der Waals surface area contributed by atoms with Crippen LogP contribution >= 0.6 is 0 Å². The van der Waals surface area contributed by atoms with Crippen molar-refractivity contribution in [2.75, 3.05) is 6.61 Å². The van der Waals surface area contributed by atoms with Gasteiger partial charge in [-0.15, -0.1) is 0 Å². The Hall–Kier alpha value is -1.39. The van der Waals surface area contributed by atoms with Crippen molar-refractivity contribution in [2.45, 2.75) is 37.8 Å². The Labute approximate surface area is 107 Å². The molecular formula is C14H19NO3. The van der Waals surface area contributed by atoms with E-state index < -0.39 is 12.0 Å². The maximum Gasteiger partial charge on any atom is 0.323 e. The summed E-state index contributed by atoms with van der Waals surface area (Å²) in [7, 11) is 0. The van der Waals surface area contributed by atoms with E-state index in [1.54, 1.807) is 0 Å². The number of fused-ring (bicyclic) bond motifs is 1. The average Bonchev–Trinajstić information content (AvgIpc) is 2.39. The molecule has 0 saturated heterocycles. The van der Waals surface area contributed by atoms with E-state index in [2.05, 4.69) is 6.07 Å². The van der Waals surface area contributed by atoms with E-state index in [0.29, 0.717) is 0 Å². The Balaban J connectivity index is 2.05. The van der Waals surface area contributed by atoms with Gasteiger partial charge in [-0.25, -0.2) is 0 Å². The highest BCUT2D eigenvalue weighted by atomic mass is 16.5. The number of hydrogen-bond acceptors (Lipinski definition) is 4. The minimum absolute atomic E-state index is 0.0997. The van der Waals surface area contributed by atoms with Gasteiger partial charge in [0.15, 0.2) is 0 Å². The number of nitrogens with two attached hydrogens (primary N) is 1. The highest BCUT2D eigenvalue weighted by Gasteiger charge is 2.25. The molecule has 1 aromatic carbocycles. The molecule has 4 heteroatoms. The molecule has 3 N–H and O–H groups in total. The van der Waals surface area contributed by atoms with Crippen molar-refractivity contribution in [2.24, 2.45) is 5.73 Å². The molecule has 0 spiro atoms. The number of aryl methyl sites for hydroxylation is 1. The van der Waals surface area contributed by atoms with Crippen molar-refractivity contribution in [3.63, 3.8) is 0 Å². The summed E-state index contributed by atoms with van der Waals surface area (Å²) in [6.07, 6.45) is 2.95. The molecule has 0 amide bonds. The Kier molecular flexibility index (Phi) is 4.33. The predicted molar refractivity (Wildman–Crippen MR) is 67.9 cm³/mol. The van der Waals surface area contributed by atoms with Gasteiger partial charge in [0, 0.05) is 6.61 Å². The van der Waals surface area contributed by atoms with Gasteiger partial charge in [0.05, 0.1) is 0 Å². The van der Waals surface area contributed by atoms with Crippen molar-refractivity contribution < 1.29 is 14.6 Å². The van der Waals surface area contributed by atoms with Crippen molar-refractivity contribution in [1.82, 2.24) is 0 Å². The van der Waals surface area contributed by atoms with Crippen LogP contribution in [0.25, 0.3) is 0 Å². The minimum atomic E-state index is -0.732. The first kappa shape index (κ1) is 13.1. The van der Waals surface area contributed by atoms with Gasteiger partial charge in [-0.05, 0) is 36.8 Å². The lowest BCUT2D eigenvalue weighted by Crippen LogP contribution is -2.34. The number of hydrogen-bond donors (Lipinski definition) is 2. The zero-order chi connectivity index (χ0) is 13.0. The topological polar surface area (TPSA) is 72.5 Å². The van der Waals surface area contributed by atoms with Crippen molar-refractivity contribution >= 4 is 5.97 Å². The van der Waals surface area contributed by atoms with Crippen molar-refractivity contribution in [3.8, 4) is 0 Å². The minimum Gasteiger partial charge on any atom is -0.456 e. The molecule has 0 saturated carbocycles. The third kappa shape index (κ3) is 2.89. The number of aliphatic hydroxyl groups is 1. The second-order valence-corrected chi connectivity index (χ2v) is 4.64. The molecule has 1 aliphatic rings. The molecular weight excluding hydrogens is 230 g/mol. The van der Waals surface area contributed by atoms with Crippen LogP contribution in [0.3, 0.4) is 0 Å². The first-order valence-corrected chi connectivity index (χ1v) is 6.37. The number of esters is 1. The van der Waals surface area contributed by atoms with Crippen LogP contribution in [0, 0.1) is 0 Å². The Morgan fingerprint density at radius 2 is 2.28 bits per heavy atom. The lowest BCUT2D eigenvalue weighted by atomic mass is 9.89. The maximum atomic E-state index is 11.8. The molecule has 18 heavy (non-hydrogen) atoms. The molecule has 0 aromatic heterocycles. The Bertz CT molecular complexity index is 419.